The van der Waals surface area contributed by atoms with Crippen LogP contribution in [0.15, 0.2) is 47.6 Å². The summed E-state index contributed by atoms with van der Waals surface area (Å²) in [4.78, 5) is 0. The van der Waals surface area contributed by atoms with Gasteiger partial charge in [-0.15, -0.1) is 0 Å². The highest BCUT2D eigenvalue weighted by Gasteiger charge is 2.51. The first kappa shape index (κ1) is 26.2. The van der Waals surface area contributed by atoms with Crippen molar-refractivity contribution in [2.24, 2.45) is 23.2 Å². The number of aliphatic hydroxyl groups is 3. The molecule has 6 heteroatoms. The highest BCUT2D eigenvalue weighted by Crippen LogP contribution is 2.59. The molecule has 0 aromatic carbocycles. The average molecular weight is 469 g/mol. The van der Waals surface area contributed by atoms with Gasteiger partial charge in [0.05, 0.1) is 12.2 Å². The summed E-state index contributed by atoms with van der Waals surface area (Å²) in [6.45, 7) is 9.21. The van der Waals surface area contributed by atoms with Crippen LogP contribution in [0.3, 0.4) is 0 Å². The molecule has 0 spiro atoms. The standard InChI is InChI=1S/C27H39F3O3/c1-17(7-5-14-26(4,33)27(28,29)30)22-11-12-23-19(8-6-13-25(22,23)3)9-10-20-15-21(31)16-24(32)18(20)2/h5,7,9-10,17,21-24,31-33H,2,6,8,11-16H2,1,3-4H3/b7-5+,19-9+,20-10-/t17-,21-,22-,23+,24+,25-,26+/m1/s1. The second-order valence-corrected chi connectivity index (χ2v) is 10.9. The Morgan fingerprint density at radius 3 is 2.58 bits per heavy atom. The second-order valence-electron chi connectivity index (χ2n) is 10.9. The summed E-state index contributed by atoms with van der Waals surface area (Å²) in [6, 6.07) is 0. The molecular formula is C27H39F3O3. The Balaban J connectivity index is 1.73. The first-order valence-corrected chi connectivity index (χ1v) is 12.2. The quantitative estimate of drug-likeness (QED) is 0.432. The van der Waals surface area contributed by atoms with Gasteiger partial charge in [0.1, 0.15) is 0 Å². The molecule has 3 saturated carbocycles. The summed E-state index contributed by atoms with van der Waals surface area (Å²) >= 11 is 0. The summed E-state index contributed by atoms with van der Waals surface area (Å²) < 4.78 is 38.8. The Bertz CT molecular complexity index is 823. The van der Waals surface area contributed by atoms with Crippen molar-refractivity contribution in [2.45, 2.75) is 96.1 Å². The van der Waals surface area contributed by atoms with Crippen molar-refractivity contribution >= 4 is 0 Å². The van der Waals surface area contributed by atoms with E-state index in [1.54, 1.807) is 0 Å². The van der Waals surface area contributed by atoms with E-state index in [4.69, 9.17) is 0 Å². The molecule has 3 rings (SSSR count). The average Bonchev–Trinajstić information content (AvgIpc) is 3.06. The molecule has 186 valence electrons. The van der Waals surface area contributed by atoms with E-state index in [0.29, 0.717) is 30.3 Å². The van der Waals surface area contributed by atoms with Crippen LogP contribution in [0.2, 0.25) is 0 Å². The van der Waals surface area contributed by atoms with Crippen molar-refractivity contribution in [1.82, 2.24) is 0 Å². The fourth-order valence-corrected chi connectivity index (χ4v) is 6.37. The summed E-state index contributed by atoms with van der Waals surface area (Å²) in [5.74, 6) is 0.929. The molecule has 0 unspecified atom stereocenters. The molecule has 3 aliphatic carbocycles. The molecule has 0 heterocycles. The van der Waals surface area contributed by atoms with E-state index in [1.807, 2.05) is 12.2 Å². The molecule has 0 saturated heterocycles. The van der Waals surface area contributed by atoms with Crippen LogP contribution in [-0.4, -0.2) is 39.3 Å². The van der Waals surface area contributed by atoms with E-state index < -0.39 is 30.4 Å². The molecule has 0 aromatic heterocycles. The molecule has 0 bridgehead atoms. The molecule has 7 atom stereocenters. The molecule has 0 amide bonds. The lowest BCUT2D eigenvalue weighted by molar-refractivity contribution is -0.251. The van der Waals surface area contributed by atoms with E-state index in [2.05, 4.69) is 26.5 Å². The lowest BCUT2D eigenvalue weighted by Crippen LogP contribution is -2.41. The van der Waals surface area contributed by atoms with Gasteiger partial charge in [0.2, 0.25) is 0 Å². The minimum Gasteiger partial charge on any atom is -0.393 e. The van der Waals surface area contributed by atoms with Gasteiger partial charge in [0.15, 0.2) is 5.60 Å². The van der Waals surface area contributed by atoms with Gasteiger partial charge in [-0.1, -0.05) is 50.3 Å². The fraction of sp³-hybridized carbons (Fsp3) is 0.704. The number of fused-ring (bicyclic) bond motifs is 1. The van der Waals surface area contributed by atoms with Crippen LogP contribution >= 0.6 is 0 Å². The molecule has 33 heavy (non-hydrogen) atoms. The van der Waals surface area contributed by atoms with Gasteiger partial charge in [-0.3, -0.25) is 0 Å². The molecule has 3 aliphatic rings. The van der Waals surface area contributed by atoms with Crippen molar-refractivity contribution in [3.8, 4) is 0 Å². The molecule has 0 aromatic rings. The predicted molar refractivity (Wildman–Crippen MR) is 124 cm³/mol. The molecule has 3 nitrogen and oxygen atoms in total. The monoisotopic (exact) mass is 468 g/mol. The summed E-state index contributed by atoms with van der Waals surface area (Å²) in [5.41, 5.74) is 0.361. The maximum absolute atomic E-state index is 12.9. The smallest absolute Gasteiger partial charge is 0.393 e. The zero-order valence-electron chi connectivity index (χ0n) is 20.0. The first-order chi connectivity index (χ1) is 15.3. The molecule has 0 aliphatic heterocycles. The van der Waals surface area contributed by atoms with Gasteiger partial charge in [0.25, 0.3) is 0 Å². The maximum Gasteiger partial charge on any atom is 0.417 e. The van der Waals surface area contributed by atoms with Crippen LogP contribution in [0, 0.1) is 23.2 Å². The van der Waals surface area contributed by atoms with Gasteiger partial charge >= 0.3 is 6.18 Å². The summed E-state index contributed by atoms with van der Waals surface area (Å²) in [5, 5.41) is 29.8. The number of halogens is 3. The molecule has 0 radical (unpaired) electrons. The van der Waals surface area contributed by atoms with Crippen LogP contribution in [0.4, 0.5) is 13.2 Å². The number of hydrogen-bond acceptors (Lipinski definition) is 3. The largest absolute Gasteiger partial charge is 0.417 e. The highest BCUT2D eigenvalue weighted by atomic mass is 19.4. The van der Waals surface area contributed by atoms with Crippen LogP contribution in [-0.2, 0) is 0 Å². The van der Waals surface area contributed by atoms with E-state index >= 15 is 0 Å². The van der Waals surface area contributed by atoms with Crippen LogP contribution in [0.5, 0.6) is 0 Å². The molecule has 3 N–H and O–H groups in total. The number of alkyl halides is 3. The number of rotatable bonds is 5. The van der Waals surface area contributed by atoms with Crippen molar-refractivity contribution in [3.63, 3.8) is 0 Å². The Morgan fingerprint density at radius 1 is 1.21 bits per heavy atom. The third-order valence-corrected chi connectivity index (χ3v) is 8.50. The normalized spacial score (nSPS) is 38.6. The van der Waals surface area contributed by atoms with Gasteiger partial charge < -0.3 is 15.3 Å². The fourth-order valence-electron chi connectivity index (χ4n) is 6.37. The van der Waals surface area contributed by atoms with E-state index in [1.165, 1.54) is 11.6 Å². The minimum atomic E-state index is -4.64. The number of aliphatic hydroxyl groups excluding tert-OH is 2. The van der Waals surface area contributed by atoms with Crippen molar-refractivity contribution in [1.29, 1.82) is 0 Å². The van der Waals surface area contributed by atoms with E-state index in [-0.39, 0.29) is 11.3 Å². The van der Waals surface area contributed by atoms with Gasteiger partial charge in [-0.2, -0.15) is 13.2 Å². The number of hydrogen-bond donors (Lipinski definition) is 3. The Hall–Kier alpha value is -1.37. The zero-order valence-corrected chi connectivity index (χ0v) is 20.0. The topological polar surface area (TPSA) is 60.7 Å². The molecule has 3 fully saturated rings. The Labute approximate surface area is 195 Å². The van der Waals surface area contributed by atoms with E-state index in [9.17, 15) is 28.5 Å². The Morgan fingerprint density at radius 2 is 1.91 bits per heavy atom. The number of allylic oxidation sites excluding steroid dienone is 4. The zero-order chi connectivity index (χ0) is 24.6. The van der Waals surface area contributed by atoms with Crippen LogP contribution < -0.4 is 0 Å². The van der Waals surface area contributed by atoms with Gasteiger partial charge in [-0.25, -0.2) is 0 Å². The first-order valence-electron chi connectivity index (χ1n) is 12.2. The van der Waals surface area contributed by atoms with Gasteiger partial charge in [-0.05, 0) is 79.8 Å². The third-order valence-electron chi connectivity index (χ3n) is 8.50. The highest BCUT2D eigenvalue weighted by molar-refractivity contribution is 5.38. The minimum absolute atomic E-state index is 0.0848. The summed E-state index contributed by atoms with van der Waals surface area (Å²) in [7, 11) is 0. The third kappa shape index (κ3) is 5.49. The predicted octanol–water partition coefficient (Wildman–Crippen LogP) is 6.02. The SMILES string of the molecule is C=C1/C(=C\C=C2/CCC[C@]3(C)[C@@H]([C@H](C)/C=C/C[C@](C)(O)C(F)(F)F)CC[C@@H]23)C[C@@H](O)C[C@@H]1O. The van der Waals surface area contributed by atoms with Crippen LogP contribution in [0.1, 0.15) is 72.1 Å². The lowest BCUT2D eigenvalue weighted by Gasteiger charge is -2.44. The Kier molecular flexibility index (Phi) is 7.72. The lowest BCUT2D eigenvalue weighted by atomic mass is 9.61. The van der Waals surface area contributed by atoms with E-state index in [0.717, 1.165) is 44.6 Å². The second kappa shape index (κ2) is 9.71. The van der Waals surface area contributed by atoms with Crippen molar-refractivity contribution < 1.29 is 28.5 Å². The summed E-state index contributed by atoms with van der Waals surface area (Å²) in [6.07, 6.45) is 7.32. The van der Waals surface area contributed by atoms with Gasteiger partial charge in [0, 0.05) is 12.8 Å². The van der Waals surface area contributed by atoms with Crippen molar-refractivity contribution in [3.05, 3.63) is 47.6 Å². The van der Waals surface area contributed by atoms with Crippen LogP contribution in [0.25, 0.3) is 0 Å². The van der Waals surface area contributed by atoms with Crippen molar-refractivity contribution in [2.75, 3.05) is 0 Å². The maximum atomic E-state index is 12.9. The molecular weight excluding hydrogens is 429 g/mol.